The molecule has 3 rings (SSSR count). The number of hydrogen-bond donors (Lipinski definition) is 1. The second-order valence-corrected chi connectivity index (χ2v) is 6.22. The Labute approximate surface area is 152 Å². The highest BCUT2D eigenvalue weighted by Crippen LogP contribution is 2.30. The molecule has 3 aromatic rings. The number of rotatable bonds is 6. The van der Waals surface area contributed by atoms with Crippen molar-refractivity contribution in [2.45, 2.75) is 19.4 Å². The van der Waals surface area contributed by atoms with E-state index in [1.54, 1.807) is 31.2 Å². The van der Waals surface area contributed by atoms with Gasteiger partial charge in [-0.25, -0.2) is 4.98 Å². The molecule has 9 heteroatoms. The Morgan fingerprint density at radius 3 is 2.69 bits per heavy atom. The Bertz CT molecular complexity index is 961. The molecule has 0 radical (unpaired) electrons. The van der Waals surface area contributed by atoms with E-state index in [1.165, 1.54) is 18.2 Å². The zero-order chi connectivity index (χ0) is 18.8. The lowest BCUT2D eigenvalue weighted by Crippen LogP contribution is -2.15. The van der Waals surface area contributed by atoms with Gasteiger partial charge in [0.2, 0.25) is 0 Å². The van der Waals surface area contributed by atoms with E-state index in [-0.39, 0.29) is 29.0 Å². The predicted molar refractivity (Wildman–Crippen MR) is 96.0 cm³/mol. The van der Waals surface area contributed by atoms with Gasteiger partial charge in [0, 0.05) is 24.6 Å². The summed E-state index contributed by atoms with van der Waals surface area (Å²) < 4.78 is 27.9. The van der Waals surface area contributed by atoms with Crippen molar-refractivity contribution in [1.29, 1.82) is 0 Å². The number of para-hydroxylation sites is 2. The minimum Gasteiger partial charge on any atom is -0.383 e. The van der Waals surface area contributed by atoms with Crippen LogP contribution >= 0.6 is 11.6 Å². The van der Waals surface area contributed by atoms with Gasteiger partial charge in [-0.3, -0.25) is 14.7 Å². The normalized spacial score (nSPS) is 12.5. The monoisotopic (exact) mass is 380 g/mol. The molecule has 0 saturated heterocycles. The van der Waals surface area contributed by atoms with Crippen LogP contribution in [0.15, 0.2) is 42.5 Å². The zero-order valence-electron chi connectivity index (χ0n) is 13.7. The Kier molecular flexibility index (Phi) is 5.03. The van der Waals surface area contributed by atoms with Gasteiger partial charge in [-0.15, -0.1) is 0 Å². The first-order chi connectivity index (χ1) is 12.4. The van der Waals surface area contributed by atoms with E-state index < -0.39 is 11.5 Å². The maximum absolute atomic E-state index is 13.5. The van der Waals surface area contributed by atoms with Crippen molar-refractivity contribution in [3.8, 4) is 0 Å². The van der Waals surface area contributed by atoms with Crippen LogP contribution in [-0.4, -0.2) is 21.0 Å². The third-order valence-corrected chi connectivity index (χ3v) is 4.33. The number of fused-ring (bicyclic) bond motifs is 1. The first kappa shape index (κ1) is 18.1. The molecular weight excluding hydrogens is 366 g/mol. The molecule has 136 valence electrons. The Hall–Kier alpha value is -2.74. The van der Waals surface area contributed by atoms with Gasteiger partial charge in [-0.2, -0.15) is 8.78 Å². The van der Waals surface area contributed by atoms with Crippen molar-refractivity contribution < 1.29 is 13.7 Å². The van der Waals surface area contributed by atoms with Crippen LogP contribution in [0.25, 0.3) is 11.0 Å². The number of aromatic nitrogens is 2. The lowest BCUT2D eigenvalue weighted by atomic mass is 10.1. The molecule has 1 atom stereocenters. The average Bonchev–Trinajstić information content (AvgIpc) is 3.00. The van der Waals surface area contributed by atoms with Gasteiger partial charge in [-0.1, -0.05) is 30.7 Å². The fourth-order valence-corrected chi connectivity index (χ4v) is 2.97. The number of nitrogens with one attached hydrogen (secondary N) is 1. The van der Waals surface area contributed by atoms with Crippen LogP contribution in [0.3, 0.4) is 0 Å². The number of benzene rings is 2. The van der Waals surface area contributed by atoms with Crippen molar-refractivity contribution >= 4 is 34.0 Å². The molecule has 0 aliphatic rings. The summed E-state index contributed by atoms with van der Waals surface area (Å²) in [7, 11) is 0. The summed E-state index contributed by atoms with van der Waals surface area (Å²) in [5, 5.41) is 14.0. The molecule has 0 aliphatic heterocycles. The van der Waals surface area contributed by atoms with Crippen LogP contribution in [-0.2, 0) is 0 Å². The van der Waals surface area contributed by atoms with Gasteiger partial charge in [-0.05, 0) is 18.2 Å². The minimum atomic E-state index is -2.71. The van der Waals surface area contributed by atoms with Gasteiger partial charge >= 0.3 is 6.55 Å². The number of hydrogen-bond acceptors (Lipinski definition) is 4. The number of nitro benzene ring substituents is 1. The minimum absolute atomic E-state index is 0.118. The number of non-ortho nitro benzene ring substituents is 1. The Balaban J connectivity index is 1.83. The van der Waals surface area contributed by atoms with Gasteiger partial charge in [0.1, 0.15) is 5.82 Å². The van der Waals surface area contributed by atoms with Gasteiger partial charge < -0.3 is 5.32 Å². The molecule has 0 unspecified atom stereocenters. The average molecular weight is 381 g/mol. The van der Waals surface area contributed by atoms with Crippen molar-refractivity contribution in [2.75, 3.05) is 11.9 Å². The van der Waals surface area contributed by atoms with Crippen LogP contribution in [0.4, 0.5) is 20.2 Å². The summed E-state index contributed by atoms with van der Waals surface area (Å²) in [6.07, 6.45) is 0. The molecule has 0 amide bonds. The standard InChI is InChI=1S/C17H15ClF2N4O2/c1-10(9-21-13-7-6-11(24(25)26)8-12(13)18)16-22-14-4-2-3-5-15(14)23(16)17(19)20/h2-8,10,17,21H,9H2,1H3/t10-/m1/s1. The number of imidazole rings is 1. The third kappa shape index (κ3) is 3.45. The van der Waals surface area contributed by atoms with Crippen LogP contribution in [0.5, 0.6) is 0 Å². The largest absolute Gasteiger partial charge is 0.383 e. The van der Waals surface area contributed by atoms with Gasteiger partial charge in [0.05, 0.1) is 26.7 Å². The highest BCUT2D eigenvalue weighted by molar-refractivity contribution is 6.33. The second-order valence-electron chi connectivity index (χ2n) is 5.81. The summed E-state index contributed by atoms with van der Waals surface area (Å²) in [5.74, 6) is -0.0885. The Morgan fingerprint density at radius 2 is 2.04 bits per heavy atom. The van der Waals surface area contributed by atoms with E-state index >= 15 is 0 Å². The molecule has 0 aliphatic carbocycles. The third-order valence-electron chi connectivity index (χ3n) is 4.02. The van der Waals surface area contributed by atoms with Crippen molar-refractivity contribution in [1.82, 2.24) is 9.55 Å². The predicted octanol–water partition coefficient (Wildman–Crippen LogP) is 5.21. The second kappa shape index (κ2) is 7.25. The summed E-state index contributed by atoms with van der Waals surface area (Å²) in [4.78, 5) is 14.5. The maximum atomic E-state index is 13.5. The Morgan fingerprint density at radius 1 is 1.31 bits per heavy atom. The highest BCUT2D eigenvalue weighted by Gasteiger charge is 2.22. The number of halogens is 3. The van der Waals surface area contributed by atoms with E-state index in [0.717, 1.165) is 4.57 Å². The van der Waals surface area contributed by atoms with Crippen molar-refractivity contribution in [2.24, 2.45) is 0 Å². The molecule has 6 nitrogen and oxygen atoms in total. The molecule has 1 aromatic heterocycles. The fourth-order valence-electron chi connectivity index (χ4n) is 2.73. The molecular formula is C17H15ClF2N4O2. The molecule has 1 heterocycles. The molecule has 26 heavy (non-hydrogen) atoms. The molecule has 2 aromatic carbocycles. The summed E-state index contributed by atoms with van der Waals surface area (Å²) in [6.45, 7) is -0.650. The van der Waals surface area contributed by atoms with Gasteiger partial charge in [0.25, 0.3) is 5.69 Å². The van der Waals surface area contributed by atoms with Crippen molar-refractivity contribution in [3.05, 3.63) is 63.4 Å². The summed E-state index contributed by atoms with van der Waals surface area (Å²) >= 11 is 6.04. The lowest BCUT2D eigenvalue weighted by Gasteiger charge is -2.16. The molecule has 0 bridgehead atoms. The lowest BCUT2D eigenvalue weighted by molar-refractivity contribution is -0.384. The first-order valence-corrected chi connectivity index (χ1v) is 8.19. The van der Waals surface area contributed by atoms with Crippen molar-refractivity contribution in [3.63, 3.8) is 0 Å². The fraction of sp³-hybridized carbons (Fsp3) is 0.235. The SMILES string of the molecule is C[C@H](CNc1ccc([N+](=O)[O-])cc1Cl)c1nc2ccccc2n1C(F)F. The number of anilines is 1. The van der Waals surface area contributed by atoms with Crippen LogP contribution in [0.1, 0.15) is 25.2 Å². The summed E-state index contributed by atoms with van der Waals surface area (Å²) in [5.41, 5.74) is 1.25. The van der Waals surface area contributed by atoms with E-state index in [4.69, 9.17) is 11.6 Å². The topological polar surface area (TPSA) is 73.0 Å². The maximum Gasteiger partial charge on any atom is 0.320 e. The number of alkyl halides is 2. The quantitative estimate of drug-likeness (QED) is 0.470. The van der Waals surface area contributed by atoms with Crippen LogP contribution < -0.4 is 5.32 Å². The molecule has 0 spiro atoms. The smallest absolute Gasteiger partial charge is 0.320 e. The molecule has 0 saturated carbocycles. The van der Waals surface area contributed by atoms with Crippen LogP contribution in [0.2, 0.25) is 5.02 Å². The summed E-state index contributed by atoms with van der Waals surface area (Å²) in [6, 6.07) is 10.8. The number of nitrogens with zero attached hydrogens (tertiary/aromatic N) is 3. The zero-order valence-corrected chi connectivity index (χ0v) is 14.5. The van der Waals surface area contributed by atoms with Gasteiger partial charge in [0.15, 0.2) is 0 Å². The van der Waals surface area contributed by atoms with E-state index in [2.05, 4.69) is 10.3 Å². The molecule has 0 fully saturated rings. The first-order valence-electron chi connectivity index (χ1n) is 7.81. The number of nitro groups is 1. The highest BCUT2D eigenvalue weighted by atomic mass is 35.5. The van der Waals surface area contributed by atoms with E-state index in [9.17, 15) is 18.9 Å². The van der Waals surface area contributed by atoms with Crippen LogP contribution in [0, 0.1) is 10.1 Å². The van der Waals surface area contributed by atoms with E-state index in [1.807, 2.05) is 0 Å². The van der Waals surface area contributed by atoms with E-state index in [0.29, 0.717) is 16.7 Å². The molecule has 1 N–H and O–H groups in total.